The summed E-state index contributed by atoms with van der Waals surface area (Å²) in [5.74, 6) is -0.0134. The Balaban J connectivity index is 1.90. The summed E-state index contributed by atoms with van der Waals surface area (Å²) in [6, 6.07) is 15.7. The van der Waals surface area contributed by atoms with Crippen LogP contribution in [0.2, 0.25) is 0 Å². The topological polar surface area (TPSA) is 110 Å². The normalized spacial score (nSPS) is 10.8. The van der Waals surface area contributed by atoms with E-state index >= 15 is 0 Å². The molecule has 0 aliphatic carbocycles. The Morgan fingerprint density at radius 3 is 1.38 bits per heavy atom. The van der Waals surface area contributed by atoms with Gasteiger partial charge in [-0.05, 0) is 0 Å². The van der Waals surface area contributed by atoms with Crippen molar-refractivity contribution in [2.45, 2.75) is 51.4 Å². The minimum absolute atomic E-state index is 0.00670. The Hall–Kier alpha value is -1.66. The number of unbranched alkanes of at least 4 members (excludes halogenated alkanes) is 6. The third-order valence-corrected chi connectivity index (χ3v) is 12.6. The number of carbonyl (C=O) groups is 2. The fraction of sp³-hybridized carbons (Fsp3) is 0.462. The van der Waals surface area contributed by atoms with E-state index in [4.69, 9.17) is 11.5 Å². The number of rotatable bonds is 17. The molecule has 2 rings (SSSR count). The summed E-state index contributed by atoms with van der Waals surface area (Å²) in [6.45, 7) is 2.82. The fourth-order valence-electron chi connectivity index (χ4n) is 3.38. The van der Waals surface area contributed by atoms with E-state index in [1.807, 2.05) is 48.5 Å². The maximum atomic E-state index is 12.8. The van der Waals surface area contributed by atoms with Crippen molar-refractivity contribution in [3.63, 3.8) is 0 Å². The first kappa shape index (κ1) is 28.6. The van der Waals surface area contributed by atoms with E-state index in [2.05, 4.69) is 10.6 Å². The average Bonchev–Trinajstić information content (AvgIpc) is 2.87. The number of nitrogens with one attached hydrogen (secondary N) is 2. The Bertz CT molecular complexity index is 808. The molecule has 186 valence electrons. The molecule has 2 amide bonds. The van der Waals surface area contributed by atoms with Gasteiger partial charge in [-0.15, -0.1) is 0 Å². The molecule has 2 aromatic rings. The first-order chi connectivity index (χ1) is 16.7. The zero-order valence-corrected chi connectivity index (χ0v) is 23.3. The molecule has 2 aromatic carbocycles. The quantitative estimate of drug-likeness (QED) is 0.164. The Morgan fingerprint density at radius 2 is 0.971 bits per heavy atom. The predicted octanol–water partition coefficient (Wildman–Crippen LogP) is 1.46. The second kappa shape index (κ2) is 17.7. The van der Waals surface area contributed by atoms with Crippen LogP contribution < -0.4 is 31.0 Å². The van der Waals surface area contributed by atoms with Gasteiger partial charge in [0.05, 0.1) is 0 Å². The summed E-state index contributed by atoms with van der Waals surface area (Å²) < 4.78 is 2.18. The van der Waals surface area contributed by atoms with Gasteiger partial charge in [-0.2, -0.15) is 0 Å². The summed E-state index contributed by atoms with van der Waals surface area (Å²) >= 11 is 0.196. The molecule has 0 bridgehead atoms. The van der Waals surface area contributed by atoms with Crippen molar-refractivity contribution in [1.29, 1.82) is 0 Å². The van der Waals surface area contributed by atoms with Gasteiger partial charge in [-0.3, -0.25) is 0 Å². The third kappa shape index (κ3) is 10.7. The van der Waals surface area contributed by atoms with Gasteiger partial charge in [-0.25, -0.2) is 0 Å². The maximum absolute atomic E-state index is 12.8. The van der Waals surface area contributed by atoms with Crippen LogP contribution in [-0.4, -0.2) is 64.3 Å². The van der Waals surface area contributed by atoms with Crippen LogP contribution in [0.3, 0.4) is 0 Å². The number of amides is 2. The molecule has 0 aliphatic rings. The van der Waals surface area contributed by atoms with Crippen LogP contribution in [0.4, 0.5) is 0 Å². The van der Waals surface area contributed by atoms with Crippen molar-refractivity contribution in [2.24, 2.45) is 11.5 Å². The van der Waals surface area contributed by atoms with Crippen molar-refractivity contribution in [3.8, 4) is 0 Å². The van der Waals surface area contributed by atoms with Crippen LogP contribution in [-0.2, 0) is 0 Å². The molecule has 0 heterocycles. The SMILES string of the molecule is NCCCCCCNC(=O)c1ccccc1[Se][Se]c1ccccc1C(=O)NCCCCCCN. The van der Waals surface area contributed by atoms with E-state index in [1.54, 1.807) is 0 Å². The van der Waals surface area contributed by atoms with E-state index in [-0.39, 0.29) is 38.1 Å². The molecule has 0 spiro atoms. The van der Waals surface area contributed by atoms with Gasteiger partial charge >= 0.3 is 216 Å². The molecular formula is C26H38N4O2Se2. The number of nitrogens with two attached hydrogens (primary N) is 2. The van der Waals surface area contributed by atoms with Crippen LogP contribution in [0.1, 0.15) is 72.1 Å². The zero-order chi connectivity index (χ0) is 24.4. The Labute approximate surface area is 215 Å². The van der Waals surface area contributed by atoms with Crippen molar-refractivity contribution in [2.75, 3.05) is 26.2 Å². The number of carbonyl (C=O) groups excluding carboxylic acids is 2. The minimum atomic E-state index is -0.00670. The molecule has 34 heavy (non-hydrogen) atoms. The molecule has 0 atom stereocenters. The van der Waals surface area contributed by atoms with Crippen LogP contribution in [0.15, 0.2) is 48.5 Å². The molecule has 0 saturated carbocycles. The number of hydrogen-bond acceptors (Lipinski definition) is 4. The Kier molecular flexibility index (Phi) is 14.9. The monoisotopic (exact) mass is 598 g/mol. The van der Waals surface area contributed by atoms with Gasteiger partial charge in [0.15, 0.2) is 0 Å². The molecule has 0 aliphatic heterocycles. The first-order valence-electron chi connectivity index (χ1n) is 12.2. The molecule has 0 aromatic heterocycles. The first-order valence-corrected chi connectivity index (χ1v) is 18.2. The van der Waals surface area contributed by atoms with E-state index in [0.29, 0.717) is 13.1 Å². The second-order valence-electron chi connectivity index (χ2n) is 8.08. The van der Waals surface area contributed by atoms with Crippen LogP contribution in [0, 0.1) is 0 Å². The van der Waals surface area contributed by atoms with Gasteiger partial charge in [-0.1, -0.05) is 0 Å². The number of benzene rings is 2. The fourth-order valence-corrected chi connectivity index (χ4v) is 10.5. The standard InChI is InChI=1S/C26H38N4O2Se2/c27-17-9-1-3-11-19-29-25(31)21-13-5-7-15-23(21)33-34-24-16-8-6-14-22(24)26(32)30-20-12-4-2-10-18-28/h5-8,13-16H,1-4,9-12,17-20,27-28H2,(H,29,31)(H,30,32). The average molecular weight is 597 g/mol. The van der Waals surface area contributed by atoms with Crippen LogP contribution in [0.25, 0.3) is 0 Å². The van der Waals surface area contributed by atoms with Crippen LogP contribution >= 0.6 is 0 Å². The molecule has 0 fully saturated rings. The van der Waals surface area contributed by atoms with Crippen molar-refractivity contribution in [1.82, 2.24) is 10.6 Å². The molecule has 8 heteroatoms. The summed E-state index contributed by atoms with van der Waals surface area (Å²) in [7, 11) is 0. The molecule has 0 unspecified atom stereocenters. The van der Waals surface area contributed by atoms with Crippen molar-refractivity contribution >= 4 is 47.0 Å². The van der Waals surface area contributed by atoms with E-state index in [0.717, 1.165) is 84.5 Å². The van der Waals surface area contributed by atoms with E-state index < -0.39 is 0 Å². The molecule has 0 radical (unpaired) electrons. The Morgan fingerprint density at radius 1 is 0.588 bits per heavy atom. The summed E-state index contributed by atoms with van der Waals surface area (Å²) in [5.41, 5.74) is 12.6. The predicted molar refractivity (Wildman–Crippen MR) is 143 cm³/mol. The molecule has 0 saturated heterocycles. The van der Waals surface area contributed by atoms with E-state index in [1.165, 1.54) is 0 Å². The van der Waals surface area contributed by atoms with Gasteiger partial charge in [0, 0.05) is 0 Å². The zero-order valence-electron chi connectivity index (χ0n) is 19.9. The summed E-state index contributed by atoms with van der Waals surface area (Å²) in [5, 5.41) is 6.12. The van der Waals surface area contributed by atoms with Gasteiger partial charge in [0.25, 0.3) is 0 Å². The third-order valence-electron chi connectivity index (χ3n) is 5.32. The van der Waals surface area contributed by atoms with Gasteiger partial charge < -0.3 is 0 Å². The molecule has 6 nitrogen and oxygen atoms in total. The second-order valence-corrected chi connectivity index (χ2v) is 14.3. The van der Waals surface area contributed by atoms with Gasteiger partial charge in [0.1, 0.15) is 0 Å². The van der Waals surface area contributed by atoms with Gasteiger partial charge in [0.2, 0.25) is 0 Å². The number of hydrogen-bond donors (Lipinski definition) is 4. The molecule has 6 N–H and O–H groups in total. The summed E-state index contributed by atoms with van der Waals surface area (Å²) in [6.07, 6.45) is 8.39. The van der Waals surface area contributed by atoms with Crippen LogP contribution in [0.5, 0.6) is 0 Å². The van der Waals surface area contributed by atoms with Crippen molar-refractivity contribution < 1.29 is 9.59 Å². The van der Waals surface area contributed by atoms with Crippen molar-refractivity contribution in [3.05, 3.63) is 59.7 Å². The van der Waals surface area contributed by atoms with E-state index in [9.17, 15) is 9.59 Å². The summed E-state index contributed by atoms with van der Waals surface area (Å²) in [4.78, 5) is 25.5. The molecular weight excluding hydrogens is 558 g/mol.